The van der Waals surface area contributed by atoms with E-state index >= 15 is 0 Å². The Bertz CT molecular complexity index is 717. The van der Waals surface area contributed by atoms with Crippen molar-refractivity contribution in [1.82, 2.24) is 10.2 Å². The van der Waals surface area contributed by atoms with Gasteiger partial charge < -0.3 is 20.5 Å². The Morgan fingerprint density at radius 1 is 1.20 bits per heavy atom. The molecule has 0 radical (unpaired) electrons. The van der Waals surface area contributed by atoms with E-state index in [2.05, 4.69) is 5.32 Å². The number of amides is 3. The lowest BCUT2D eigenvalue weighted by Crippen LogP contribution is -2.52. The third-order valence-electron chi connectivity index (χ3n) is 4.94. The summed E-state index contributed by atoms with van der Waals surface area (Å²) in [5.74, 6) is -0.274. The number of likely N-dealkylation sites (tertiary alicyclic amines) is 1. The second kappa shape index (κ2) is 10.8. The molecule has 1 saturated heterocycles. The van der Waals surface area contributed by atoms with Crippen LogP contribution in [0.2, 0.25) is 0 Å². The van der Waals surface area contributed by atoms with Crippen LogP contribution < -0.4 is 11.1 Å². The normalized spacial score (nSPS) is 19.1. The molecule has 2 atom stereocenters. The van der Waals surface area contributed by atoms with Crippen LogP contribution in [0.1, 0.15) is 52.0 Å². The molecule has 0 saturated carbocycles. The molecular formula is C22H33N3O5. The summed E-state index contributed by atoms with van der Waals surface area (Å²) in [4.78, 5) is 37.5. The van der Waals surface area contributed by atoms with Gasteiger partial charge >= 0.3 is 12.2 Å². The maximum absolute atomic E-state index is 12.5. The molecule has 1 fully saturated rings. The Balaban J connectivity index is 1.77. The fourth-order valence-electron chi connectivity index (χ4n) is 3.49. The molecule has 2 unspecified atom stereocenters. The largest absolute Gasteiger partial charge is 0.445 e. The number of rotatable bonds is 7. The minimum atomic E-state index is -0.675. The Labute approximate surface area is 178 Å². The zero-order chi connectivity index (χ0) is 22.1. The summed E-state index contributed by atoms with van der Waals surface area (Å²) in [6, 6.07) is 8.71. The van der Waals surface area contributed by atoms with Gasteiger partial charge in [-0.3, -0.25) is 9.69 Å². The van der Waals surface area contributed by atoms with Gasteiger partial charge in [0.2, 0.25) is 5.91 Å². The van der Waals surface area contributed by atoms with E-state index in [1.54, 1.807) is 0 Å². The average Bonchev–Trinajstić information content (AvgIpc) is 2.68. The van der Waals surface area contributed by atoms with Crippen LogP contribution in [0.5, 0.6) is 0 Å². The number of benzene rings is 1. The van der Waals surface area contributed by atoms with Crippen LogP contribution in [0.15, 0.2) is 30.3 Å². The smallest absolute Gasteiger partial charge is 0.410 e. The Morgan fingerprint density at radius 3 is 2.53 bits per heavy atom. The van der Waals surface area contributed by atoms with Crippen molar-refractivity contribution in [2.45, 2.75) is 64.7 Å². The lowest BCUT2D eigenvalue weighted by molar-refractivity contribution is -0.124. The molecule has 8 nitrogen and oxygen atoms in total. The van der Waals surface area contributed by atoms with E-state index < -0.39 is 29.7 Å². The summed E-state index contributed by atoms with van der Waals surface area (Å²) < 4.78 is 10.6. The van der Waals surface area contributed by atoms with Crippen LogP contribution >= 0.6 is 0 Å². The number of primary amides is 1. The number of alkyl carbamates (subject to hydrolysis) is 1. The van der Waals surface area contributed by atoms with Gasteiger partial charge in [0, 0.05) is 13.1 Å². The predicted molar refractivity (Wildman–Crippen MR) is 113 cm³/mol. The molecule has 0 aliphatic carbocycles. The fourth-order valence-corrected chi connectivity index (χ4v) is 3.49. The Hall–Kier alpha value is -2.77. The van der Waals surface area contributed by atoms with Crippen LogP contribution in [0.25, 0.3) is 0 Å². The number of nitrogens with one attached hydrogen (secondary N) is 1. The average molecular weight is 420 g/mol. The summed E-state index contributed by atoms with van der Waals surface area (Å²) in [7, 11) is 0. The SMILES string of the molecule is CC(C)(C)OC(=O)NCCCC1CCN(C(=O)OCc2ccccc2)C(C(N)=O)C1. The highest BCUT2D eigenvalue weighted by atomic mass is 16.6. The van der Waals surface area contributed by atoms with Crippen LogP contribution in [-0.2, 0) is 20.9 Å². The molecule has 1 aromatic rings. The monoisotopic (exact) mass is 419 g/mol. The maximum atomic E-state index is 12.5. The number of piperidine rings is 1. The summed E-state index contributed by atoms with van der Waals surface area (Å²) in [6.45, 7) is 6.52. The number of nitrogens with two attached hydrogens (primary N) is 1. The molecule has 0 aromatic heterocycles. The highest BCUT2D eigenvalue weighted by molar-refractivity contribution is 5.84. The lowest BCUT2D eigenvalue weighted by Gasteiger charge is -2.37. The molecule has 8 heteroatoms. The molecule has 2 rings (SSSR count). The Kier molecular flexibility index (Phi) is 8.50. The van der Waals surface area contributed by atoms with Crippen LogP contribution in [-0.4, -0.2) is 47.7 Å². The summed E-state index contributed by atoms with van der Waals surface area (Å²) in [6.07, 6.45) is 1.89. The number of carbonyl (C=O) groups excluding carboxylic acids is 3. The first kappa shape index (κ1) is 23.5. The Morgan fingerprint density at radius 2 is 1.90 bits per heavy atom. The minimum absolute atomic E-state index is 0.154. The van der Waals surface area contributed by atoms with Crippen molar-refractivity contribution in [3.63, 3.8) is 0 Å². The first-order valence-electron chi connectivity index (χ1n) is 10.4. The minimum Gasteiger partial charge on any atom is -0.445 e. The van der Waals surface area contributed by atoms with Crippen molar-refractivity contribution in [2.24, 2.45) is 11.7 Å². The summed E-state index contributed by atoms with van der Waals surface area (Å²) in [5.41, 5.74) is 5.91. The molecule has 0 bridgehead atoms. The van der Waals surface area contributed by atoms with Gasteiger partial charge in [0.05, 0.1) is 0 Å². The lowest BCUT2D eigenvalue weighted by atomic mass is 9.87. The van der Waals surface area contributed by atoms with Gasteiger partial charge in [-0.1, -0.05) is 30.3 Å². The highest BCUT2D eigenvalue weighted by Crippen LogP contribution is 2.27. The van der Waals surface area contributed by atoms with Gasteiger partial charge in [-0.25, -0.2) is 9.59 Å². The van der Waals surface area contributed by atoms with Gasteiger partial charge in [0.25, 0.3) is 0 Å². The zero-order valence-electron chi connectivity index (χ0n) is 18.1. The second-order valence-electron chi connectivity index (χ2n) is 8.61. The van der Waals surface area contributed by atoms with E-state index in [4.69, 9.17) is 15.2 Å². The number of nitrogens with zero attached hydrogens (tertiary/aromatic N) is 1. The second-order valence-corrected chi connectivity index (χ2v) is 8.61. The molecule has 166 valence electrons. The van der Waals surface area contributed by atoms with Gasteiger partial charge in [-0.15, -0.1) is 0 Å². The number of carbonyl (C=O) groups is 3. The van der Waals surface area contributed by atoms with Gasteiger partial charge in [0.1, 0.15) is 18.2 Å². The van der Waals surface area contributed by atoms with Crippen LogP contribution in [0, 0.1) is 5.92 Å². The summed E-state index contributed by atoms with van der Waals surface area (Å²) >= 11 is 0. The molecule has 1 heterocycles. The first-order chi connectivity index (χ1) is 14.2. The molecule has 0 spiro atoms. The predicted octanol–water partition coefficient (Wildman–Crippen LogP) is 3.19. The number of ether oxygens (including phenoxy) is 2. The summed E-state index contributed by atoms with van der Waals surface area (Å²) in [5, 5.41) is 2.73. The first-order valence-corrected chi connectivity index (χ1v) is 10.4. The molecule has 30 heavy (non-hydrogen) atoms. The topological polar surface area (TPSA) is 111 Å². The molecular weight excluding hydrogens is 386 g/mol. The van der Waals surface area contributed by atoms with Gasteiger partial charge in [0.15, 0.2) is 0 Å². The standard InChI is InChI=1S/C22H33N3O5/c1-22(2,3)30-20(27)24-12-7-10-16-11-13-25(18(14-16)19(23)26)21(28)29-15-17-8-5-4-6-9-17/h4-6,8-9,16,18H,7,10-15H2,1-3H3,(H2,23,26)(H,24,27). The van der Waals surface area contributed by atoms with Crippen molar-refractivity contribution in [1.29, 1.82) is 0 Å². The van der Waals surface area contributed by atoms with Crippen LogP contribution in [0.4, 0.5) is 9.59 Å². The van der Waals surface area contributed by atoms with Gasteiger partial charge in [-0.2, -0.15) is 0 Å². The molecule has 1 aliphatic rings. The van der Waals surface area contributed by atoms with Crippen molar-refractivity contribution >= 4 is 18.1 Å². The molecule has 1 aliphatic heterocycles. The van der Waals surface area contributed by atoms with E-state index in [9.17, 15) is 14.4 Å². The van der Waals surface area contributed by atoms with Crippen molar-refractivity contribution in [3.8, 4) is 0 Å². The fraction of sp³-hybridized carbons (Fsp3) is 0.591. The quantitative estimate of drug-likeness (QED) is 0.660. The van der Waals surface area contributed by atoms with E-state index in [-0.39, 0.29) is 12.5 Å². The van der Waals surface area contributed by atoms with Gasteiger partial charge in [-0.05, 0) is 57.9 Å². The molecule has 3 amide bonds. The van der Waals surface area contributed by atoms with Crippen molar-refractivity contribution < 1.29 is 23.9 Å². The maximum Gasteiger partial charge on any atom is 0.410 e. The van der Waals surface area contributed by atoms with Crippen molar-refractivity contribution in [2.75, 3.05) is 13.1 Å². The molecule has 1 aromatic carbocycles. The zero-order valence-corrected chi connectivity index (χ0v) is 18.1. The van der Waals surface area contributed by atoms with E-state index in [0.29, 0.717) is 19.5 Å². The van der Waals surface area contributed by atoms with E-state index in [0.717, 1.165) is 24.8 Å². The van der Waals surface area contributed by atoms with Crippen molar-refractivity contribution in [3.05, 3.63) is 35.9 Å². The number of hydrogen-bond acceptors (Lipinski definition) is 5. The van der Waals surface area contributed by atoms with E-state index in [1.807, 2.05) is 51.1 Å². The third kappa shape index (κ3) is 7.93. The highest BCUT2D eigenvalue weighted by Gasteiger charge is 2.35. The number of hydrogen-bond donors (Lipinski definition) is 2. The molecule has 3 N–H and O–H groups in total. The third-order valence-corrected chi connectivity index (χ3v) is 4.94. The van der Waals surface area contributed by atoms with E-state index in [1.165, 1.54) is 4.90 Å². The van der Waals surface area contributed by atoms with Crippen LogP contribution in [0.3, 0.4) is 0 Å².